The molecule has 1 aliphatic rings. The van der Waals surface area contributed by atoms with Gasteiger partial charge in [0.05, 0.1) is 0 Å². The predicted molar refractivity (Wildman–Crippen MR) is 77.5 cm³/mol. The van der Waals surface area contributed by atoms with Crippen LogP contribution in [0.5, 0.6) is 0 Å². The summed E-state index contributed by atoms with van der Waals surface area (Å²) < 4.78 is 0. The molecule has 0 aromatic heterocycles. The second-order valence-corrected chi connectivity index (χ2v) is 5.33. The Morgan fingerprint density at radius 3 is 2.72 bits per heavy atom. The zero-order valence-corrected chi connectivity index (χ0v) is 11.8. The molecule has 1 fully saturated rings. The Morgan fingerprint density at radius 2 is 2.00 bits per heavy atom. The number of nitrogens with zero attached hydrogens (tertiary/aromatic N) is 1. The highest BCUT2D eigenvalue weighted by Crippen LogP contribution is 2.22. The van der Waals surface area contributed by atoms with Crippen molar-refractivity contribution in [3.05, 3.63) is 35.4 Å². The number of hydrogen-bond donors (Lipinski definition) is 1. The fraction of sp³-hybridized carbons (Fsp3) is 0.625. The van der Waals surface area contributed by atoms with Crippen molar-refractivity contribution in [2.75, 3.05) is 13.6 Å². The maximum absolute atomic E-state index is 3.27. The number of rotatable bonds is 5. The summed E-state index contributed by atoms with van der Waals surface area (Å²) in [5, 5.41) is 3.27. The lowest BCUT2D eigenvalue weighted by molar-refractivity contribution is 0.136. The Balaban J connectivity index is 2.07. The molecule has 0 amide bonds. The summed E-state index contributed by atoms with van der Waals surface area (Å²) in [4.78, 5) is 2.68. The van der Waals surface area contributed by atoms with Crippen molar-refractivity contribution < 1.29 is 0 Å². The first-order valence-electron chi connectivity index (χ1n) is 7.30. The van der Waals surface area contributed by atoms with Gasteiger partial charge in [-0.05, 0) is 44.0 Å². The minimum absolute atomic E-state index is 0.793. The van der Waals surface area contributed by atoms with E-state index in [9.17, 15) is 0 Å². The van der Waals surface area contributed by atoms with Gasteiger partial charge in [0.15, 0.2) is 0 Å². The highest BCUT2D eigenvalue weighted by molar-refractivity contribution is 5.27. The van der Waals surface area contributed by atoms with Gasteiger partial charge in [-0.25, -0.2) is 0 Å². The Labute approximate surface area is 111 Å². The van der Waals surface area contributed by atoms with Crippen LogP contribution in [0, 0.1) is 0 Å². The van der Waals surface area contributed by atoms with Crippen LogP contribution in [0.3, 0.4) is 0 Å². The monoisotopic (exact) mass is 246 g/mol. The van der Waals surface area contributed by atoms with Crippen LogP contribution in [0.25, 0.3) is 0 Å². The molecule has 0 bridgehead atoms. The molecule has 1 atom stereocenters. The SMILES string of the molecule is CCC1CCCCN1Cc1ccccc1CNC. The summed E-state index contributed by atoms with van der Waals surface area (Å²) in [6.45, 7) is 5.69. The van der Waals surface area contributed by atoms with E-state index in [4.69, 9.17) is 0 Å². The van der Waals surface area contributed by atoms with E-state index < -0.39 is 0 Å². The second-order valence-electron chi connectivity index (χ2n) is 5.33. The lowest BCUT2D eigenvalue weighted by atomic mass is 9.98. The molecule has 1 aromatic carbocycles. The molecule has 1 aliphatic heterocycles. The molecule has 2 nitrogen and oxygen atoms in total. The van der Waals surface area contributed by atoms with Gasteiger partial charge in [-0.3, -0.25) is 4.90 Å². The third-order valence-corrected chi connectivity index (χ3v) is 4.08. The van der Waals surface area contributed by atoms with Crippen LogP contribution in [-0.4, -0.2) is 24.5 Å². The highest BCUT2D eigenvalue weighted by atomic mass is 15.2. The first-order valence-corrected chi connectivity index (χ1v) is 7.30. The van der Waals surface area contributed by atoms with Crippen LogP contribution in [0.15, 0.2) is 24.3 Å². The van der Waals surface area contributed by atoms with Crippen molar-refractivity contribution >= 4 is 0 Å². The van der Waals surface area contributed by atoms with E-state index >= 15 is 0 Å². The summed E-state index contributed by atoms with van der Waals surface area (Å²) in [5.74, 6) is 0. The molecule has 18 heavy (non-hydrogen) atoms. The molecule has 1 heterocycles. The Morgan fingerprint density at radius 1 is 1.22 bits per heavy atom. The van der Waals surface area contributed by atoms with Gasteiger partial charge < -0.3 is 5.32 Å². The fourth-order valence-electron chi connectivity index (χ4n) is 3.02. The molecule has 2 rings (SSSR count). The third-order valence-electron chi connectivity index (χ3n) is 4.08. The zero-order valence-electron chi connectivity index (χ0n) is 11.8. The smallest absolute Gasteiger partial charge is 0.0239 e. The lowest BCUT2D eigenvalue weighted by Crippen LogP contribution is -2.38. The van der Waals surface area contributed by atoms with E-state index in [2.05, 4.69) is 41.4 Å². The summed E-state index contributed by atoms with van der Waals surface area (Å²) in [5.41, 5.74) is 2.94. The van der Waals surface area contributed by atoms with Crippen LogP contribution in [0.2, 0.25) is 0 Å². The molecular formula is C16H26N2. The van der Waals surface area contributed by atoms with E-state index in [1.165, 1.54) is 43.4 Å². The Kier molecular flexibility index (Phi) is 5.21. The normalized spacial score (nSPS) is 21.1. The molecule has 0 saturated carbocycles. The molecule has 0 radical (unpaired) electrons. The van der Waals surface area contributed by atoms with Crippen molar-refractivity contribution in [1.82, 2.24) is 10.2 Å². The summed E-state index contributed by atoms with van der Waals surface area (Å²) >= 11 is 0. The molecule has 1 N–H and O–H groups in total. The van der Waals surface area contributed by atoms with Gasteiger partial charge in [0.1, 0.15) is 0 Å². The van der Waals surface area contributed by atoms with Gasteiger partial charge in [0.25, 0.3) is 0 Å². The number of benzene rings is 1. The van der Waals surface area contributed by atoms with E-state index in [1.807, 2.05) is 7.05 Å². The molecule has 1 saturated heterocycles. The fourth-order valence-corrected chi connectivity index (χ4v) is 3.02. The first-order chi connectivity index (χ1) is 8.85. The third kappa shape index (κ3) is 3.33. The summed E-state index contributed by atoms with van der Waals surface area (Å²) in [7, 11) is 2.02. The Bertz CT molecular complexity index is 362. The van der Waals surface area contributed by atoms with Gasteiger partial charge in [-0.2, -0.15) is 0 Å². The summed E-state index contributed by atoms with van der Waals surface area (Å²) in [6.07, 6.45) is 5.44. The first kappa shape index (κ1) is 13.6. The number of nitrogens with one attached hydrogen (secondary N) is 1. The maximum atomic E-state index is 3.27. The largest absolute Gasteiger partial charge is 0.316 e. The zero-order chi connectivity index (χ0) is 12.8. The topological polar surface area (TPSA) is 15.3 Å². The van der Waals surface area contributed by atoms with Crippen LogP contribution in [0.4, 0.5) is 0 Å². The predicted octanol–water partition coefficient (Wildman–Crippen LogP) is 3.17. The van der Waals surface area contributed by atoms with Gasteiger partial charge in [0.2, 0.25) is 0 Å². The molecule has 1 unspecified atom stereocenters. The molecule has 1 aromatic rings. The van der Waals surface area contributed by atoms with Crippen molar-refractivity contribution in [2.45, 2.75) is 51.7 Å². The highest BCUT2D eigenvalue weighted by Gasteiger charge is 2.21. The van der Waals surface area contributed by atoms with E-state index in [1.54, 1.807) is 0 Å². The quantitative estimate of drug-likeness (QED) is 0.858. The number of piperidine rings is 1. The minimum Gasteiger partial charge on any atom is -0.316 e. The molecule has 2 heteroatoms. The molecule has 0 aliphatic carbocycles. The van der Waals surface area contributed by atoms with Crippen LogP contribution < -0.4 is 5.32 Å². The van der Waals surface area contributed by atoms with Crippen molar-refractivity contribution in [1.29, 1.82) is 0 Å². The van der Waals surface area contributed by atoms with Gasteiger partial charge in [-0.15, -0.1) is 0 Å². The maximum Gasteiger partial charge on any atom is 0.0239 e. The Hall–Kier alpha value is -0.860. The second kappa shape index (κ2) is 6.91. The average molecular weight is 246 g/mol. The number of hydrogen-bond acceptors (Lipinski definition) is 2. The van der Waals surface area contributed by atoms with Crippen LogP contribution >= 0.6 is 0 Å². The van der Waals surface area contributed by atoms with Gasteiger partial charge in [-0.1, -0.05) is 37.6 Å². The molecular weight excluding hydrogens is 220 g/mol. The van der Waals surface area contributed by atoms with Gasteiger partial charge in [0, 0.05) is 19.1 Å². The lowest BCUT2D eigenvalue weighted by Gasteiger charge is -2.35. The summed E-state index contributed by atoms with van der Waals surface area (Å²) in [6, 6.07) is 9.63. The van der Waals surface area contributed by atoms with Crippen molar-refractivity contribution in [3.8, 4) is 0 Å². The van der Waals surface area contributed by atoms with Gasteiger partial charge >= 0.3 is 0 Å². The number of likely N-dealkylation sites (tertiary alicyclic amines) is 1. The molecule has 100 valence electrons. The van der Waals surface area contributed by atoms with Crippen molar-refractivity contribution in [3.63, 3.8) is 0 Å². The van der Waals surface area contributed by atoms with Crippen LogP contribution in [-0.2, 0) is 13.1 Å². The average Bonchev–Trinajstić information content (AvgIpc) is 2.42. The standard InChI is InChI=1S/C16H26N2/c1-3-16-10-6-7-11-18(16)13-15-9-5-4-8-14(15)12-17-2/h4-5,8-9,16-17H,3,6-7,10-13H2,1-2H3. The van der Waals surface area contributed by atoms with Crippen LogP contribution in [0.1, 0.15) is 43.7 Å². The van der Waals surface area contributed by atoms with E-state index in [0.29, 0.717) is 0 Å². The van der Waals surface area contributed by atoms with E-state index in [0.717, 1.165) is 19.1 Å². The van der Waals surface area contributed by atoms with E-state index in [-0.39, 0.29) is 0 Å². The minimum atomic E-state index is 0.793. The molecule has 0 spiro atoms. The van der Waals surface area contributed by atoms with Crippen molar-refractivity contribution in [2.24, 2.45) is 0 Å².